The number of anilines is 1. The Morgan fingerprint density at radius 2 is 1.89 bits per heavy atom. The summed E-state index contributed by atoms with van der Waals surface area (Å²) in [7, 11) is 0. The van der Waals surface area contributed by atoms with Gasteiger partial charge in [-0.3, -0.25) is 4.79 Å². The molecule has 2 bridgehead atoms. The van der Waals surface area contributed by atoms with Gasteiger partial charge in [0.15, 0.2) is 0 Å². The molecule has 1 aromatic heterocycles. The van der Waals surface area contributed by atoms with Gasteiger partial charge in [-0.1, -0.05) is 0 Å². The van der Waals surface area contributed by atoms with Gasteiger partial charge < -0.3 is 19.9 Å². The maximum atomic E-state index is 12.6. The lowest BCUT2D eigenvalue weighted by Gasteiger charge is -2.40. The van der Waals surface area contributed by atoms with Crippen LogP contribution in [0.3, 0.4) is 0 Å². The summed E-state index contributed by atoms with van der Waals surface area (Å²) in [6, 6.07) is 8.55. The minimum atomic E-state index is -0.464. The number of H-pyrrole nitrogens is 1. The second-order valence-electron chi connectivity index (χ2n) is 8.69. The highest BCUT2D eigenvalue weighted by Crippen LogP contribution is 2.38. The number of benzene rings is 1. The number of amides is 1. The molecule has 2 aliphatic heterocycles. The first-order valence-corrected chi connectivity index (χ1v) is 9.69. The Kier molecular flexibility index (Phi) is 4.36. The average molecular weight is 369 g/mol. The zero-order chi connectivity index (χ0) is 19.2. The number of ether oxygens (including phenoxy) is 1. The molecule has 0 aliphatic carbocycles. The fourth-order valence-electron chi connectivity index (χ4n) is 4.43. The lowest BCUT2D eigenvalue weighted by atomic mass is 9.97. The standard InChI is InChI=1S/C21H27N3O3/c1-21(2,3)27-20(26)24-16-5-6-17(24)12-15(11-16)23-14-4-7-18-13(10-14)8-9-22-19(18)25/h4,7-10,15-17,23H,5-6,11-12H2,1-3H3,(H,22,25)/t15?,16-,17+. The smallest absolute Gasteiger partial charge is 0.410 e. The first kappa shape index (κ1) is 17.9. The minimum Gasteiger partial charge on any atom is -0.444 e. The maximum Gasteiger partial charge on any atom is 0.410 e. The predicted molar refractivity (Wildman–Crippen MR) is 106 cm³/mol. The highest BCUT2D eigenvalue weighted by molar-refractivity contribution is 5.84. The quantitative estimate of drug-likeness (QED) is 0.843. The van der Waals surface area contributed by atoms with Crippen LogP contribution in [0.5, 0.6) is 0 Å². The van der Waals surface area contributed by atoms with E-state index in [9.17, 15) is 9.59 Å². The summed E-state index contributed by atoms with van der Waals surface area (Å²) in [6.45, 7) is 5.73. The van der Waals surface area contributed by atoms with Gasteiger partial charge >= 0.3 is 6.09 Å². The zero-order valence-electron chi connectivity index (χ0n) is 16.1. The monoisotopic (exact) mass is 369 g/mol. The van der Waals surface area contributed by atoms with Crippen molar-refractivity contribution in [3.63, 3.8) is 0 Å². The highest BCUT2D eigenvalue weighted by Gasteiger charge is 2.44. The van der Waals surface area contributed by atoms with Crippen LogP contribution in [0.15, 0.2) is 35.3 Å². The summed E-state index contributed by atoms with van der Waals surface area (Å²) >= 11 is 0. The van der Waals surface area contributed by atoms with Crippen LogP contribution < -0.4 is 10.9 Å². The number of rotatable bonds is 2. The van der Waals surface area contributed by atoms with Crippen molar-refractivity contribution in [3.05, 3.63) is 40.8 Å². The molecule has 0 spiro atoms. The van der Waals surface area contributed by atoms with Crippen LogP contribution in [0.4, 0.5) is 10.5 Å². The van der Waals surface area contributed by atoms with Gasteiger partial charge in [0.05, 0.1) is 0 Å². The number of nitrogens with one attached hydrogen (secondary N) is 2. The molecule has 3 heterocycles. The van der Waals surface area contributed by atoms with Crippen molar-refractivity contribution >= 4 is 22.6 Å². The third kappa shape index (κ3) is 3.66. The van der Waals surface area contributed by atoms with Crippen LogP contribution in [0, 0.1) is 0 Å². The molecule has 4 rings (SSSR count). The van der Waals surface area contributed by atoms with Crippen molar-refractivity contribution in [3.8, 4) is 0 Å². The first-order chi connectivity index (χ1) is 12.8. The summed E-state index contributed by atoms with van der Waals surface area (Å²) in [5.74, 6) is 0. The summed E-state index contributed by atoms with van der Waals surface area (Å²) in [6.07, 6.45) is 5.41. The normalized spacial score (nSPS) is 24.9. The van der Waals surface area contributed by atoms with Gasteiger partial charge in [0, 0.05) is 35.4 Å². The Morgan fingerprint density at radius 1 is 1.19 bits per heavy atom. The van der Waals surface area contributed by atoms with Gasteiger partial charge in [-0.05, 0) is 76.1 Å². The summed E-state index contributed by atoms with van der Waals surface area (Å²) < 4.78 is 5.60. The predicted octanol–water partition coefficient (Wildman–Crippen LogP) is 3.87. The van der Waals surface area contributed by atoms with E-state index in [1.807, 2.05) is 49.9 Å². The Hall–Kier alpha value is -2.50. The molecule has 2 aliphatic rings. The molecule has 0 radical (unpaired) electrons. The van der Waals surface area contributed by atoms with Crippen LogP contribution in [0.1, 0.15) is 46.5 Å². The molecule has 27 heavy (non-hydrogen) atoms. The summed E-state index contributed by atoms with van der Waals surface area (Å²) in [5, 5.41) is 5.24. The molecule has 6 nitrogen and oxygen atoms in total. The van der Waals surface area contributed by atoms with E-state index in [2.05, 4.69) is 10.3 Å². The van der Waals surface area contributed by atoms with Crippen molar-refractivity contribution in [1.29, 1.82) is 0 Å². The number of pyridine rings is 1. The van der Waals surface area contributed by atoms with Gasteiger partial charge in [0.1, 0.15) is 5.60 Å². The Labute approximate surface area is 158 Å². The minimum absolute atomic E-state index is 0.0669. The molecule has 0 saturated carbocycles. The summed E-state index contributed by atoms with van der Waals surface area (Å²) in [5.41, 5.74) is 0.486. The molecule has 1 unspecified atom stereocenters. The number of fused-ring (bicyclic) bond motifs is 3. The second kappa shape index (κ2) is 6.59. The van der Waals surface area contributed by atoms with Crippen molar-refractivity contribution < 1.29 is 9.53 Å². The molecule has 6 heteroatoms. The van der Waals surface area contributed by atoms with E-state index < -0.39 is 5.60 Å². The second-order valence-corrected chi connectivity index (χ2v) is 8.69. The molecule has 2 aromatic rings. The number of hydrogen-bond donors (Lipinski definition) is 2. The number of aromatic nitrogens is 1. The molecule has 3 atom stereocenters. The Balaban J connectivity index is 1.46. The number of carbonyl (C=O) groups is 1. The van der Waals surface area contributed by atoms with E-state index in [1.54, 1.807) is 6.20 Å². The van der Waals surface area contributed by atoms with Crippen molar-refractivity contribution in [1.82, 2.24) is 9.88 Å². The number of aromatic amines is 1. The van der Waals surface area contributed by atoms with Crippen LogP contribution in [-0.4, -0.2) is 39.7 Å². The zero-order valence-corrected chi connectivity index (χ0v) is 16.1. The van der Waals surface area contributed by atoms with Crippen LogP contribution in [-0.2, 0) is 4.74 Å². The summed E-state index contributed by atoms with van der Waals surface area (Å²) in [4.78, 5) is 29.1. The lowest BCUT2D eigenvalue weighted by molar-refractivity contribution is 0.00684. The van der Waals surface area contributed by atoms with Crippen molar-refractivity contribution in [2.75, 3.05) is 5.32 Å². The van der Waals surface area contributed by atoms with Gasteiger partial charge in [0.2, 0.25) is 0 Å². The Morgan fingerprint density at radius 3 is 2.56 bits per heavy atom. The van der Waals surface area contributed by atoms with Gasteiger partial charge in [0.25, 0.3) is 5.56 Å². The Bertz CT molecular complexity index is 901. The maximum absolute atomic E-state index is 12.6. The third-order valence-electron chi connectivity index (χ3n) is 5.48. The fraction of sp³-hybridized carbons (Fsp3) is 0.524. The topological polar surface area (TPSA) is 74.4 Å². The SMILES string of the molecule is CC(C)(C)OC(=O)N1[C@@H]2CC[C@H]1CC(Nc1ccc3c(=O)[nH]ccc3c1)C2. The fourth-order valence-corrected chi connectivity index (χ4v) is 4.43. The van der Waals surface area contributed by atoms with E-state index in [4.69, 9.17) is 4.74 Å². The van der Waals surface area contributed by atoms with Crippen LogP contribution in [0.2, 0.25) is 0 Å². The third-order valence-corrected chi connectivity index (χ3v) is 5.48. The number of hydrogen-bond acceptors (Lipinski definition) is 4. The van der Waals surface area contributed by atoms with Gasteiger partial charge in [-0.15, -0.1) is 0 Å². The average Bonchev–Trinajstić information content (AvgIpc) is 2.85. The van der Waals surface area contributed by atoms with Crippen molar-refractivity contribution in [2.45, 2.75) is 70.2 Å². The van der Waals surface area contributed by atoms with E-state index in [0.29, 0.717) is 11.4 Å². The number of nitrogens with zero attached hydrogens (tertiary/aromatic N) is 1. The molecule has 144 valence electrons. The molecule has 2 fully saturated rings. The molecule has 1 aromatic carbocycles. The largest absolute Gasteiger partial charge is 0.444 e. The van der Waals surface area contributed by atoms with E-state index in [0.717, 1.165) is 36.8 Å². The molecule has 2 N–H and O–H groups in total. The van der Waals surface area contributed by atoms with E-state index in [1.165, 1.54) is 0 Å². The van der Waals surface area contributed by atoms with Crippen molar-refractivity contribution in [2.24, 2.45) is 0 Å². The van der Waals surface area contributed by atoms with E-state index in [-0.39, 0.29) is 23.7 Å². The van der Waals surface area contributed by atoms with Gasteiger partial charge in [-0.25, -0.2) is 4.79 Å². The first-order valence-electron chi connectivity index (χ1n) is 9.69. The number of carbonyl (C=O) groups excluding carboxylic acids is 1. The lowest BCUT2D eigenvalue weighted by Crippen LogP contribution is -2.51. The molecular formula is C21H27N3O3. The number of piperidine rings is 1. The van der Waals surface area contributed by atoms with Crippen LogP contribution in [0.25, 0.3) is 10.8 Å². The van der Waals surface area contributed by atoms with Crippen LogP contribution >= 0.6 is 0 Å². The van der Waals surface area contributed by atoms with Gasteiger partial charge in [-0.2, -0.15) is 0 Å². The van der Waals surface area contributed by atoms with E-state index >= 15 is 0 Å². The molecule has 1 amide bonds. The molecule has 2 saturated heterocycles. The highest BCUT2D eigenvalue weighted by atomic mass is 16.6. The molecular weight excluding hydrogens is 342 g/mol.